The Morgan fingerprint density at radius 3 is 2.85 bits per heavy atom. The molecule has 2 aromatic heterocycles. The van der Waals surface area contributed by atoms with Gasteiger partial charge in [-0.15, -0.1) is 0 Å². The van der Waals surface area contributed by atoms with Crippen LogP contribution in [0.2, 0.25) is 0 Å². The van der Waals surface area contributed by atoms with E-state index in [-0.39, 0.29) is 0 Å². The first-order valence-electron chi connectivity index (χ1n) is 6.13. The van der Waals surface area contributed by atoms with Crippen LogP contribution in [0.4, 0.5) is 0 Å². The highest BCUT2D eigenvalue weighted by atomic mass is 32.2. The van der Waals surface area contributed by atoms with Crippen molar-refractivity contribution in [3.05, 3.63) is 53.9 Å². The molecule has 3 aromatic rings. The van der Waals surface area contributed by atoms with E-state index in [0.29, 0.717) is 23.9 Å². The molecule has 0 aliphatic heterocycles. The number of aromatic nitrogens is 5. The quantitative estimate of drug-likeness (QED) is 0.669. The van der Waals surface area contributed by atoms with E-state index in [2.05, 4.69) is 20.2 Å². The minimum Gasteiger partial charge on any atom is -0.338 e. The van der Waals surface area contributed by atoms with Crippen LogP contribution in [0, 0.1) is 0 Å². The van der Waals surface area contributed by atoms with Crippen LogP contribution < -0.4 is 0 Å². The van der Waals surface area contributed by atoms with Crippen LogP contribution >= 0.6 is 11.8 Å². The lowest BCUT2D eigenvalue weighted by Crippen LogP contribution is -1.93. The molecule has 0 atom stereocenters. The molecule has 20 heavy (non-hydrogen) atoms. The van der Waals surface area contributed by atoms with Gasteiger partial charge in [-0.05, 0) is 5.56 Å². The Morgan fingerprint density at radius 1 is 1.25 bits per heavy atom. The zero-order chi connectivity index (χ0) is 13.8. The Bertz CT molecular complexity index is 679. The average Bonchev–Trinajstić information content (AvgIpc) is 3.07. The van der Waals surface area contributed by atoms with Gasteiger partial charge in [0.25, 0.3) is 0 Å². The number of benzene rings is 1. The molecule has 0 N–H and O–H groups in total. The lowest BCUT2D eigenvalue weighted by molar-refractivity contribution is 0.385. The minimum absolute atomic E-state index is 0.592. The number of rotatable bonds is 5. The predicted octanol–water partition coefficient (Wildman–Crippen LogP) is 2.08. The fourth-order valence-corrected chi connectivity index (χ4v) is 2.47. The van der Waals surface area contributed by atoms with Gasteiger partial charge in [0.05, 0.1) is 5.75 Å². The first-order chi connectivity index (χ1) is 9.81. The van der Waals surface area contributed by atoms with Crippen molar-refractivity contribution in [3.8, 4) is 0 Å². The van der Waals surface area contributed by atoms with E-state index in [0.717, 1.165) is 5.16 Å². The molecule has 0 spiro atoms. The van der Waals surface area contributed by atoms with Crippen molar-refractivity contribution < 1.29 is 4.52 Å². The van der Waals surface area contributed by atoms with Gasteiger partial charge in [-0.2, -0.15) is 10.1 Å². The van der Waals surface area contributed by atoms with Gasteiger partial charge in [0.15, 0.2) is 11.0 Å². The molecular weight excluding hydrogens is 274 g/mol. The van der Waals surface area contributed by atoms with Crippen molar-refractivity contribution in [3.63, 3.8) is 0 Å². The molecule has 7 heteroatoms. The summed E-state index contributed by atoms with van der Waals surface area (Å²) in [7, 11) is 1.85. The summed E-state index contributed by atoms with van der Waals surface area (Å²) in [5.41, 5.74) is 1.17. The zero-order valence-corrected chi connectivity index (χ0v) is 11.7. The molecular formula is C13H13N5OS. The summed E-state index contributed by atoms with van der Waals surface area (Å²) in [6, 6.07) is 10.1. The van der Waals surface area contributed by atoms with E-state index in [9.17, 15) is 0 Å². The number of thioether (sulfide) groups is 1. The molecule has 0 amide bonds. The second-order valence-electron chi connectivity index (χ2n) is 4.22. The van der Waals surface area contributed by atoms with E-state index < -0.39 is 0 Å². The summed E-state index contributed by atoms with van der Waals surface area (Å²) >= 11 is 1.52. The average molecular weight is 287 g/mol. The van der Waals surface area contributed by atoms with Crippen molar-refractivity contribution in [2.75, 3.05) is 0 Å². The van der Waals surface area contributed by atoms with Crippen LogP contribution in [0.3, 0.4) is 0 Å². The van der Waals surface area contributed by atoms with E-state index in [1.54, 1.807) is 4.68 Å². The standard InChI is InChI=1S/C13H13N5OS/c1-18-13(14-9-15-18)20-8-12-16-11(17-19-12)7-10-5-3-2-4-6-10/h2-6,9H,7-8H2,1H3. The molecule has 0 fully saturated rings. The second kappa shape index (κ2) is 5.87. The number of nitrogens with zero attached hydrogens (tertiary/aromatic N) is 5. The molecule has 0 radical (unpaired) electrons. The first kappa shape index (κ1) is 12.9. The maximum atomic E-state index is 5.24. The lowest BCUT2D eigenvalue weighted by atomic mass is 10.1. The minimum atomic E-state index is 0.592. The second-order valence-corrected chi connectivity index (χ2v) is 5.16. The van der Waals surface area contributed by atoms with Crippen LogP contribution in [-0.4, -0.2) is 24.9 Å². The molecule has 2 heterocycles. The molecule has 6 nitrogen and oxygen atoms in total. The van der Waals surface area contributed by atoms with E-state index in [1.807, 2.05) is 37.4 Å². The summed E-state index contributed by atoms with van der Waals surface area (Å²) in [5, 5.41) is 8.83. The van der Waals surface area contributed by atoms with Crippen molar-refractivity contribution in [1.82, 2.24) is 24.9 Å². The number of hydrogen-bond donors (Lipinski definition) is 0. The van der Waals surface area contributed by atoms with Crippen molar-refractivity contribution in [2.45, 2.75) is 17.3 Å². The summed E-state index contributed by atoms with van der Waals surface area (Å²) in [6.45, 7) is 0. The number of aryl methyl sites for hydroxylation is 1. The molecule has 0 bridgehead atoms. The van der Waals surface area contributed by atoms with Gasteiger partial charge in [0.1, 0.15) is 6.33 Å². The summed E-state index contributed by atoms with van der Waals surface area (Å²) in [6.07, 6.45) is 2.20. The highest BCUT2D eigenvalue weighted by molar-refractivity contribution is 7.98. The Balaban J connectivity index is 1.61. The Kier molecular flexibility index (Phi) is 3.78. The van der Waals surface area contributed by atoms with Crippen molar-refractivity contribution in [2.24, 2.45) is 7.05 Å². The van der Waals surface area contributed by atoms with Gasteiger partial charge in [-0.25, -0.2) is 9.67 Å². The fourth-order valence-electron chi connectivity index (χ4n) is 1.74. The zero-order valence-electron chi connectivity index (χ0n) is 10.9. The summed E-state index contributed by atoms with van der Waals surface area (Å²) in [4.78, 5) is 8.51. The van der Waals surface area contributed by atoms with Gasteiger partial charge in [0, 0.05) is 13.5 Å². The Labute approximate surface area is 120 Å². The van der Waals surface area contributed by atoms with Gasteiger partial charge in [-0.1, -0.05) is 47.3 Å². The molecule has 0 aliphatic rings. The Hall–Kier alpha value is -2.15. The van der Waals surface area contributed by atoms with Crippen LogP contribution in [0.25, 0.3) is 0 Å². The first-order valence-corrected chi connectivity index (χ1v) is 7.12. The monoisotopic (exact) mass is 287 g/mol. The predicted molar refractivity (Wildman–Crippen MR) is 74.1 cm³/mol. The molecule has 102 valence electrons. The van der Waals surface area contributed by atoms with Gasteiger partial charge >= 0.3 is 0 Å². The Morgan fingerprint density at radius 2 is 2.10 bits per heavy atom. The molecule has 0 saturated carbocycles. The molecule has 0 unspecified atom stereocenters. The molecule has 0 aliphatic carbocycles. The SMILES string of the molecule is Cn1ncnc1SCc1nc(Cc2ccccc2)no1. The summed E-state index contributed by atoms with van der Waals surface area (Å²) in [5.74, 6) is 1.89. The van der Waals surface area contributed by atoms with Crippen LogP contribution in [0.15, 0.2) is 46.3 Å². The van der Waals surface area contributed by atoms with Crippen molar-refractivity contribution >= 4 is 11.8 Å². The van der Waals surface area contributed by atoms with E-state index >= 15 is 0 Å². The fraction of sp³-hybridized carbons (Fsp3) is 0.231. The molecule has 1 aromatic carbocycles. The summed E-state index contributed by atoms with van der Waals surface area (Å²) < 4.78 is 6.95. The van der Waals surface area contributed by atoms with Gasteiger partial charge in [-0.3, -0.25) is 0 Å². The van der Waals surface area contributed by atoms with Crippen LogP contribution in [0.5, 0.6) is 0 Å². The third-order valence-corrected chi connectivity index (χ3v) is 3.73. The molecule has 3 rings (SSSR count). The third kappa shape index (κ3) is 3.05. The van der Waals surface area contributed by atoms with Crippen LogP contribution in [-0.2, 0) is 19.2 Å². The maximum absolute atomic E-state index is 5.24. The normalized spacial score (nSPS) is 10.8. The number of hydrogen-bond acceptors (Lipinski definition) is 6. The highest BCUT2D eigenvalue weighted by Gasteiger charge is 2.09. The van der Waals surface area contributed by atoms with Gasteiger partial charge in [0.2, 0.25) is 5.89 Å². The van der Waals surface area contributed by atoms with E-state index in [4.69, 9.17) is 4.52 Å². The molecule has 0 saturated heterocycles. The smallest absolute Gasteiger partial charge is 0.237 e. The highest BCUT2D eigenvalue weighted by Crippen LogP contribution is 2.18. The topological polar surface area (TPSA) is 69.6 Å². The van der Waals surface area contributed by atoms with Gasteiger partial charge < -0.3 is 4.52 Å². The van der Waals surface area contributed by atoms with E-state index in [1.165, 1.54) is 23.7 Å². The third-order valence-electron chi connectivity index (χ3n) is 2.71. The largest absolute Gasteiger partial charge is 0.338 e. The van der Waals surface area contributed by atoms with Crippen molar-refractivity contribution in [1.29, 1.82) is 0 Å². The van der Waals surface area contributed by atoms with Crippen LogP contribution in [0.1, 0.15) is 17.3 Å². The lowest BCUT2D eigenvalue weighted by Gasteiger charge is -1.96. The maximum Gasteiger partial charge on any atom is 0.237 e.